The molecule has 1 rings (SSSR count). The van der Waals surface area contributed by atoms with Crippen LogP contribution in [0.15, 0.2) is 30.3 Å². The van der Waals surface area contributed by atoms with Gasteiger partial charge in [0, 0.05) is 33.2 Å². The maximum Gasteiger partial charge on any atom is 0.221 e. The van der Waals surface area contributed by atoms with E-state index in [1.807, 2.05) is 25.2 Å². The van der Waals surface area contributed by atoms with E-state index in [-0.39, 0.29) is 5.91 Å². The molecule has 0 bridgehead atoms. The largest absolute Gasteiger partial charge is 0.383 e. The normalized spacial score (nSPS) is 10.6. The SMILES string of the molecule is COCCNC(=O)CCN(C)Cc1ccccc1. The molecule has 0 fully saturated rings. The standard InChI is InChI=1S/C14H22N2O2/c1-16(12-13-6-4-3-5-7-13)10-8-14(17)15-9-11-18-2/h3-7H,8-12H2,1-2H3,(H,15,17). The first-order valence-electron chi connectivity index (χ1n) is 6.20. The second kappa shape index (κ2) is 8.66. The summed E-state index contributed by atoms with van der Waals surface area (Å²) < 4.78 is 4.87. The van der Waals surface area contributed by atoms with Crippen molar-refractivity contribution in [3.8, 4) is 0 Å². The van der Waals surface area contributed by atoms with Crippen molar-refractivity contribution < 1.29 is 9.53 Å². The molecule has 0 spiro atoms. The van der Waals surface area contributed by atoms with Crippen LogP contribution in [0.1, 0.15) is 12.0 Å². The number of carbonyl (C=O) groups is 1. The van der Waals surface area contributed by atoms with Gasteiger partial charge in [0.2, 0.25) is 5.91 Å². The van der Waals surface area contributed by atoms with Gasteiger partial charge < -0.3 is 15.0 Å². The number of carbonyl (C=O) groups excluding carboxylic acids is 1. The van der Waals surface area contributed by atoms with Crippen LogP contribution >= 0.6 is 0 Å². The third kappa shape index (κ3) is 6.37. The number of rotatable bonds is 8. The lowest BCUT2D eigenvalue weighted by Crippen LogP contribution is -2.30. The van der Waals surface area contributed by atoms with Gasteiger partial charge in [-0.05, 0) is 12.6 Å². The summed E-state index contributed by atoms with van der Waals surface area (Å²) in [7, 11) is 3.65. The quantitative estimate of drug-likeness (QED) is 0.707. The molecule has 0 atom stereocenters. The van der Waals surface area contributed by atoms with Crippen molar-refractivity contribution in [1.29, 1.82) is 0 Å². The number of methoxy groups -OCH3 is 1. The fraction of sp³-hybridized carbons (Fsp3) is 0.500. The Morgan fingerprint density at radius 1 is 1.33 bits per heavy atom. The molecule has 1 aromatic carbocycles. The van der Waals surface area contributed by atoms with Crippen molar-refractivity contribution in [3.05, 3.63) is 35.9 Å². The Hall–Kier alpha value is -1.39. The number of hydrogen-bond donors (Lipinski definition) is 1. The monoisotopic (exact) mass is 250 g/mol. The summed E-state index contributed by atoms with van der Waals surface area (Å²) >= 11 is 0. The summed E-state index contributed by atoms with van der Waals surface area (Å²) in [5, 5.41) is 2.81. The number of nitrogens with zero attached hydrogens (tertiary/aromatic N) is 1. The molecule has 0 heterocycles. The van der Waals surface area contributed by atoms with Crippen molar-refractivity contribution in [2.45, 2.75) is 13.0 Å². The molecule has 0 radical (unpaired) electrons. The number of nitrogens with one attached hydrogen (secondary N) is 1. The molecule has 0 saturated heterocycles. The fourth-order valence-electron chi connectivity index (χ4n) is 1.65. The van der Waals surface area contributed by atoms with Gasteiger partial charge in [-0.15, -0.1) is 0 Å². The van der Waals surface area contributed by atoms with Crippen molar-refractivity contribution in [1.82, 2.24) is 10.2 Å². The van der Waals surface area contributed by atoms with Gasteiger partial charge in [0.25, 0.3) is 0 Å². The molecular formula is C14H22N2O2. The van der Waals surface area contributed by atoms with Crippen molar-refractivity contribution in [3.63, 3.8) is 0 Å². The first-order valence-corrected chi connectivity index (χ1v) is 6.20. The average Bonchev–Trinajstić information content (AvgIpc) is 2.38. The highest BCUT2D eigenvalue weighted by molar-refractivity contribution is 5.76. The molecule has 0 aromatic heterocycles. The molecule has 100 valence electrons. The van der Waals surface area contributed by atoms with Gasteiger partial charge in [0.05, 0.1) is 6.61 Å². The second-order valence-corrected chi connectivity index (χ2v) is 4.32. The smallest absolute Gasteiger partial charge is 0.221 e. The second-order valence-electron chi connectivity index (χ2n) is 4.32. The van der Waals surface area contributed by atoms with Gasteiger partial charge in [-0.25, -0.2) is 0 Å². The van der Waals surface area contributed by atoms with E-state index in [1.54, 1.807) is 7.11 Å². The van der Waals surface area contributed by atoms with Gasteiger partial charge in [0.1, 0.15) is 0 Å². The topological polar surface area (TPSA) is 41.6 Å². The van der Waals surface area contributed by atoms with Crippen LogP contribution in [0, 0.1) is 0 Å². The average molecular weight is 250 g/mol. The molecule has 1 aromatic rings. The summed E-state index contributed by atoms with van der Waals surface area (Å²) in [4.78, 5) is 13.6. The Bertz CT molecular complexity index is 341. The van der Waals surface area contributed by atoms with E-state index in [0.717, 1.165) is 13.1 Å². The molecule has 0 aliphatic heterocycles. The van der Waals surface area contributed by atoms with E-state index in [2.05, 4.69) is 22.3 Å². The minimum absolute atomic E-state index is 0.0759. The Balaban J connectivity index is 2.17. The minimum atomic E-state index is 0.0759. The first-order chi connectivity index (χ1) is 8.72. The number of ether oxygens (including phenoxy) is 1. The molecular weight excluding hydrogens is 228 g/mol. The zero-order valence-corrected chi connectivity index (χ0v) is 11.2. The highest BCUT2D eigenvalue weighted by Crippen LogP contribution is 2.02. The number of hydrogen-bond acceptors (Lipinski definition) is 3. The number of amides is 1. The summed E-state index contributed by atoms with van der Waals surface area (Å²) in [6, 6.07) is 10.2. The molecule has 4 nitrogen and oxygen atoms in total. The van der Waals surface area contributed by atoms with Gasteiger partial charge in [-0.3, -0.25) is 4.79 Å². The Morgan fingerprint density at radius 2 is 2.06 bits per heavy atom. The Kier molecular flexibility index (Phi) is 7.06. The third-order valence-corrected chi connectivity index (χ3v) is 2.64. The molecule has 4 heteroatoms. The van der Waals surface area contributed by atoms with Crippen LogP contribution in [0.5, 0.6) is 0 Å². The Labute approximate surface area is 109 Å². The van der Waals surface area contributed by atoms with Crippen LogP contribution in [-0.4, -0.2) is 44.7 Å². The first kappa shape index (κ1) is 14.7. The lowest BCUT2D eigenvalue weighted by atomic mass is 10.2. The van der Waals surface area contributed by atoms with E-state index in [9.17, 15) is 4.79 Å². The lowest BCUT2D eigenvalue weighted by molar-refractivity contribution is -0.121. The van der Waals surface area contributed by atoms with Crippen molar-refractivity contribution in [2.24, 2.45) is 0 Å². The molecule has 0 aliphatic carbocycles. The van der Waals surface area contributed by atoms with E-state index < -0.39 is 0 Å². The molecule has 1 amide bonds. The highest BCUT2D eigenvalue weighted by Gasteiger charge is 2.04. The maximum atomic E-state index is 11.5. The van der Waals surface area contributed by atoms with Crippen LogP contribution in [0.4, 0.5) is 0 Å². The summed E-state index contributed by atoms with van der Waals surface area (Å²) in [5.74, 6) is 0.0759. The predicted octanol–water partition coefficient (Wildman–Crippen LogP) is 1.27. The Morgan fingerprint density at radius 3 is 2.72 bits per heavy atom. The third-order valence-electron chi connectivity index (χ3n) is 2.64. The van der Waals surface area contributed by atoms with Crippen LogP contribution in [-0.2, 0) is 16.1 Å². The van der Waals surface area contributed by atoms with E-state index in [0.29, 0.717) is 19.6 Å². The molecule has 0 saturated carbocycles. The summed E-state index contributed by atoms with van der Waals surface area (Å²) in [5.41, 5.74) is 1.26. The van der Waals surface area contributed by atoms with Crippen LogP contribution in [0.2, 0.25) is 0 Å². The molecule has 0 aliphatic rings. The zero-order valence-electron chi connectivity index (χ0n) is 11.2. The van der Waals surface area contributed by atoms with Gasteiger partial charge in [0.15, 0.2) is 0 Å². The summed E-state index contributed by atoms with van der Waals surface area (Å²) in [6.07, 6.45) is 0.521. The highest BCUT2D eigenvalue weighted by atomic mass is 16.5. The van der Waals surface area contributed by atoms with Gasteiger partial charge in [-0.1, -0.05) is 30.3 Å². The lowest BCUT2D eigenvalue weighted by Gasteiger charge is -2.16. The summed E-state index contributed by atoms with van der Waals surface area (Å²) in [6.45, 7) is 2.77. The van der Waals surface area contributed by atoms with Gasteiger partial charge >= 0.3 is 0 Å². The van der Waals surface area contributed by atoms with Crippen molar-refractivity contribution >= 4 is 5.91 Å². The van der Waals surface area contributed by atoms with Crippen LogP contribution in [0.25, 0.3) is 0 Å². The molecule has 0 unspecified atom stereocenters. The van der Waals surface area contributed by atoms with Crippen molar-refractivity contribution in [2.75, 3.05) is 33.9 Å². The van der Waals surface area contributed by atoms with E-state index >= 15 is 0 Å². The van der Waals surface area contributed by atoms with Crippen LogP contribution < -0.4 is 5.32 Å². The maximum absolute atomic E-state index is 11.5. The molecule has 1 N–H and O–H groups in total. The van der Waals surface area contributed by atoms with Gasteiger partial charge in [-0.2, -0.15) is 0 Å². The number of benzene rings is 1. The van der Waals surface area contributed by atoms with E-state index in [4.69, 9.17) is 4.74 Å². The zero-order chi connectivity index (χ0) is 13.2. The van der Waals surface area contributed by atoms with E-state index in [1.165, 1.54) is 5.56 Å². The predicted molar refractivity (Wildman–Crippen MR) is 72.3 cm³/mol. The fourth-order valence-corrected chi connectivity index (χ4v) is 1.65. The molecule has 18 heavy (non-hydrogen) atoms. The van der Waals surface area contributed by atoms with Crippen LogP contribution in [0.3, 0.4) is 0 Å². The minimum Gasteiger partial charge on any atom is -0.383 e.